The van der Waals surface area contributed by atoms with E-state index < -0.39 is 0 Å². The smallest absolute Gasteiger partial charge is 0.0335 e. The Labute approximate surface area is 62.3 Å². The summed E-state index contributed by atoms with van der Waals surface area (Å²) in [6.45, 7) is 3.67. The van der Waals surface area contributed by atoms with Gasteiger partial charge in [-0.2, -0.15) is 0 Å². The van der Waals surface area contributed by atoms with Crippen molar-refractivity contribution in [1.82, 2.24) is 5.32 Å². The summed E-state index contributed by atoms with van der Waals surface area (Å²) in [7, 11) is 3.56. The van der Waals surface area contributed by atoms with Crippen molar-refractivity contribution in [2.45, 2.75) is 6.92 Å². The van der Waals surface area contributed by atoms with Gasteiger partial charge in [-0.25, -0.2) is 0 Å². The number of hydrogen-bond acceptors (Lipinski definition) is 3. The second-order valence-electron chi connectivity index (χ2n) is 2.03. The molecule has 3 nitrogen and oxygen atoms in total. The fourth-order valence-corrected chi connectivity index (χ4v) is 0.488. The molecule has 0 saturated carbocycles. The van der Waals surface area contributed by atoms with Crippen molar-refractivity contribution < 1.29 is 0 Å². The number of aliphatic imine (C=N–C) groups is 2. The highest BCUT2D eigenvalue weighted by molar-refractivity contribution is 5.83. The van der Waals surface area contributed by atoms with Crippen LogP contribution in [0.25, 0.3) is 0 Å². The predicted octanol–water partition coefficient (Wildman–Crippen LogP) is 0.367. The Hall–Kier alpha value is -0.700. The van der Waals surface area contributed by atoms with Gasteiger partial charge in [0.1, 0.15) is 0 Å². The molecule has 0 unspecified atom stereocenters. The molecule has 10 heavy (non-hydrogen) atoms. The van der Waals surface area contributed by atoms with Crippen LogP contribution in [0.3, 0.4) is 0 Å². The van der Waals surface area contributed by atoms with E-state index in [0.717, 1.165) is 18.8 Å². The van der Waals surface area contributed by atoms with Crippen LogP contribution in [-0.2, 0) is 0 Å². The second kappa shape index (κ2) is 6.42. The highest BCUT2D eigenvalue weighted by Gasteiger charge is 1.85. The van der Waals surface area contributed by atoms with Crippen LogP contribution in [0, 0.1) is 0 Å². The quantitative estimate of drug-likeness (QED) is 0.445. The standard InChI is InChI=1S/C7H15N3/c1-7(9-3)6-10-5-4-8-2/h4,10H,5-6H2,1-3H3. The molecule has 0 fully saturated rings. The van der Waals surface area contributed by atoms with E-state index in [9.17, 15) is 0 Å². The average molecular weight is 141 g/mol. The first-order valence-corrected chi connectivity index (χ1v) is 3.35. The van der Waals surface area contributed by atoms with Gasteiger partial charge in [-0.05, 0) is 6.92 Å². The van der Waals surface area contributed by atoms with Crippen molar-refractivity contribution in [1.29, 1.82) is 0 Å². The van der Waals surface area contributed by atoms with Gasteiger partial charge in [-0.1, -0.05) is 0 Å². The normalized spacial score (nSPS) is 12.9. The first-order valence-electron chi connectivity index (χ1n) is 3.35. The van der Waals surface area contributed by atoms with E-state index in [1.54, 1.807) is 14.1 Å². The lowest BCUT2D eigenvalue weighted by atomic mass is 10.4. The lowest BCUT2D eigenvalue weighted by molar-refractivity contribution is 0.890. The molecule has 0 aromatic heterocycles. The molecule has 0 amide bonds. The van der Waals surface area contributed by atoms with E-state index in [2.05, 4.69) is 15.3 Å². The molecular weight excluding hydrogens is 126 g/mol. The van der Waals surface area contributed by atoms with Gasteiger partial charge in [0.25, 0.3) is 0 Å². The molecule has 0 aromatic carbocycles. The Balaban J connectivity index is 3.20. The van der Waals surface area contributed by atoms with Crippen molar-refractivity contribution in [3.8, 4) is 0 Å². The van der Waals surface area contributed by atoms with Crippen LogP contribution in [0.4, 0.5) is 0 Å². The Morgan fingerprint density at radius 3 is 2.70 bits per heavy atom. The molecule has 0 aliphatic rings. The van der Waals surface area contributed by atoms with Gasteiger partial charge in [0.15, 0.2) is 0 Å². The van der Waals surface area contributed by atoms with Crippen LogP contribution in [0.1, 0.15) is 6.92 Å². The van der Waals surface area contributed by atoms with E-state index in [0.29, 0.717) is 0 Å². The molecule has 0 radical (unpaired) electrons. The first-order chi connectivity index (χ1) is 4.81. The van der Waals surface area contributed by atoms with Gasteiger partial charge in [-0.15, -0.1) is 0 Å². The zero-order valence-corrected chi connectivity index (χ0v) is 6.89. The maximum Gasteiger partial charge on any atom is 0.0335 e. The Morgan fingerprint density at radius 1 is 1.50 bits per heavy atom. The molecule has 1 N–H and O–H groups in total. The fraction of sp³-hybridized carbons (Fsp3) is 0.714. The van der Waals surface area contributed by atoms with E-state index in [4.69, 9.17) is 0 Å². The van der Waals surface area contributed by atoms with Crippen molar-refractivity contribution in [3.05, 3.63) is 0 Å². The summed E-state index contributed by atoms with van der Waals surface area (Å²) >= 11 is 0. The van der Waals surface area contributed by atoms with Gasteiger partial charge in [0, 0.05) is 39.1 Å². The highest BCUT2D eigenvalue weighted by atomic mass is 14.9. The number of nitrogens with zero attached hydrogens (tertiary/aromatic N) is 2. The Bertz CT molecular complexity index is 127. The minimum atomic E-state index is 0.823. The molecule has 0 bridgehead atoms. The fourth-order valence-electron chi connectivity index (χ4n) is 0.488. The molecular formula is C7H15N3. The summed E-state index contributed by atoms with van der Waals surface area (Å²) < 4.78 is 0. The zero-order chi connectivity index (χ0) is 7.82. The molecule has 0 saturated heterocycles. The summed E-state index contributed by atoms with van der Waals surface area (Å²) in [6.07, 6.45) is 1.84. The molecule has 0 aromatic rings. The van der Waals surface area contributed by atoms with Gasteiger partial charge < -0.3 is 5.32 Å². The molecule has 0 spiro atoms. The molecule has 0 aliphatic heterocycles. The van der Waals surface area contributed by atoms with Crippen LogP contribution in [0.15, 0.2) is 9.98 Å². The minimum absolute atomic E-state index is 0.823. The van der Waals surface area contributed by atoms with Gasteiger partial charge in [0.2, 0.25) is 0 Å². The Kier molecular flexibility index (Phi) is 5.97. The van der Waals surface area contributed by atoms with Crippen molar-refractivity contribution >= 4 is 11.9 Å². The molecule has 3 heteroatoms. The molecule has 0 aliphatic carbocycles. The van der Waals surface area contributed by atoms with Gasteiger partial charge in [0.05, 0.1) is 0 Å². The minimum Gasteiger partial charge on any atom is -0.306 e. The van der Waals surface area contributed by atoms with Gasteiger partial charge >= 0.3 is 0 Å². The topological polar surface area (TPSA) is 36.8 Å². The van der Waals surface area contributed by atoms with Crippen LogP contribution >= 0.6 is 0 Å². The molecule has 0 heterocycles. The summed E-state index contributed by atoms with van der Waals surface area (Å²) in [4.78, 5) is 7.83. The lowest BCUT2D eigenvalue weighted by Crippen LogP contribution is -2.22. The van der Waals surface area contributed by atoms with Crippen molar-refractivity contribution in [3.63, 3.8) is 0 Å². The maximum absolute atomic E-state index is 4.00. The average Bonchev–Trinajstić information content (AvgIpc) is 1.98. The van der Waals surface area contributed by atoms with Gasteiger partial charge in [-0.3, -0.25) is 9.98 Å². The first kappa shape index (κ1) is 9.30. The maximum atomic E-state index is 4.00. The monoisotopic (exact) mass is 141 g/mol. The summed E-state index contributed by atoms with van der Waals surface area (Å²) in [5, 5.41) is 3.16. The SMILES string of the molecule is CN=CCNCC(C)=NC. The lowest BCUT2D eigenvalue weighted by Gasteiger charge is -1.97. The third kappa shape index (κ3) is 5.44. The summed E-state index contributed by atoms with van der Waals surface area (Å²) in [6, 6.07) is 0. The van der Waals surface area contributed by atoms with Crippen LogP contribution in [0.5, 0.6) is 0 Å². The summed E-state index contributed by atoms with van der Waals surface area (Å²) in [5.41, 5.74) is 1.12. The predicted molar refractivity (Wildman–Crippen MR) is 46.3 cm³/mol. The Morgan fingerprint density at radius 2 is 2.20 bits per heavy atom. The van der Waals surface area contributed by atoms with Crippen LogP contribution < -0.4 is 5.32 Å². The molecule has 0 atom stereocenters. The third-order valence-corrected chi connectivity index (χ3v) is 1.18. The van der Waals surface area contributed by atoms with Crippen LogP contribution in [0.2, 0.25) is 0 Å². The van der Waals surface area contributed by atoms with Crippen molar-refractivity contribution in [2.75, 3.05) is 27.2 Å². The van der Waals surface area contributed by atoms with E-state index in [-0.39, 0.29) is 0 Å². The van der Waals surface area contributed by atoms with E-state index in [1.165, 1.54) is 0 Å². The number of nitrogens with one attached hydrogen (secondary N) is 1. The van der Waals surface area contributed by atoms with Crippen molar-refractivity contribution in [2.24, 2.45) is 9.98 Å². The second-order valence-corrected chi connectivity index (χ2v) is 2.03. The number of rotatable bonds is 4. The molecule has 0 rings (SSSR count). The highest BCUT2D eigenvalue weighted by Crippen LogP contribution is 1.69. The zero-order valence-electron chi connectivity index (χ0n) is 6.89. The summed E-state index contributed by atoms with van der Waals surface area (Å²) in [5.74, 6) is 0. The van der Waals surface area contributed by atoms with Crippen LogP contribution in [-0.4, -0.2) is 39.1 Å². The molecule has 58 valence electrons. The number of hydrogen-bond donors (Lipinski definition) is 1. The largest absolute Gasteiger partial charge is 0.306 e. The van der Waals surface area contributed by atoms with E-state index in [1.807, 2.05) is 13.1 Å². The third-order valence-electron chi connectivity index (χ3n) is 1.18. The van der Waals surface area contributed by atoms with E-state index >= 15 is 0 Å².